The summed E-state index contributed by atoms with van der Waals surface area (Å²) in [5.74, 6) is 0. The molecule has 0 heterocycles. The first-order valence-electron chi connectivity index (χ1n) is 7.60. The Hall–Kier alpha value is -1.56. The second-order valence-electron chi connectivity index (χ2n) is 5.52. The van der Waals surface area contributed by atoms with Crippen LogP contribution >= 0.6 is 27.5 Å². The van der Waals surface area contributed by atoms with E-state index in [2.05, 4.69) is 22.5 Å². The van der Waals surface area contributed by atoms with Crippen molar-refractivity contribution in [2.24, 2.45) is 0 Å². The topological polar surface area (TPSA) is 37.4 Å². The minimum Gasteiger partial charge on any atom is -0.255 e. The van der Waals surface area contributed by atoms with Crippen molar-refractivity contribution in [2.45, 2.75) is 13.0 Å². The molecule has 0 aliphatic heterocycles. The van der Waals surface area contributed by atoms with Crippen molar-refractivity contribution in [1.82, 2.24) is 4.31 Å². The van der Waals surface area contributed by atoms with Crippen molar-refractivity contribution in [2.75, 3.05) is 6.26 Å². The molecule has 0 bridgehead atoms. The second-order valence-corrected chi connectivity index (χ2v) is 8.70. The van der Waals surface area contributed by atoms with Gasteiger partial charge in [-0.1, -0.05) is 76.1 Å². The van der Waals surface area contributed by atoms with E-state index in [9.17, 15) is 8.42 Å². The highest BCUT2D eigenvalue weighted by Gasteiger charge is 2.22. The largest absolute Gasteiger partial charge is 0.255 e. The predicted molar refractivity (Wildman–Crippen MR) is 109 cm³/mol. The van der Waals surface area contributed by atoms with Crippen LogP contribution < -0.4 is 0 Å². The molecule has 0 saturated heterocycles. The Morgan fingerprint density at radius 3 is 2.28 bits per heavy atom. The van der Waals surface area contributed by atoms with Gasteiger partial charge in [-0.3, -0.25) is 4.31 Å². The summed E-state index contributed by atoms with van der Waals surface area (Å²) in [7, 11) is -3.54. The molecule has 6 heteroatoms. The number of hydrogen-bond acceptors (Lipinski definition) is 2. The summed E-state index contributed by atoms with van der Waals surface area (Å²) in [6.07, 6.45) is 3.33. The molecule has 0 radical (unpaired) electrons. The molecular weight excluding hydrogens is 422 g/mol. The fourth-order valence-electron chi connectivity index (χ4n) is 2.35. The van der Waals surface area contributed by atoms with Gasteiger partial charge in [-0.2, -0.15) is 0 Å². The first kappa shape index (κ1) is 19.8. The van der Waals surface area contributed by atoms with Gasteiger partial charge in [0.15, 0.2) is 0 Å². The maximum Gasteiger partial charge on any atom is 0.233 e. The van der Waals surface area contributed by atoms with Gasteiger partial charge in [-0.15, -0.1) is 6.58 Å². The smallest absolute Gasteiger partial charge is 0.233 e. The Bertz CT molecular complexity index is 862. The molecule has 0 amide bonds. The molecule has 0 atom stereocenters. The monoisotopic (exact) mass is 439 g/mol. The van der Waals surface area contributed by atoms with E-state index in [0.717, 1.165) is 21.9 Å². The van der Waals surface area contributed by atoms with Crippen LogP contribution in [0.2, 0.25) is 0 Å². The van der Waals surface area contributed by atoms with Gasteiger partial charge in [0.05, 0.1) is 12.8 Å². The zero-order chi connectivity index (χ0) is 18.4. The SMILES string of the molecule is C=CC/C(=C(\Cl)N(Cc1ccccc1)S(C)(=O)=O)c1ccc(Br)cc1. The first-order chi connectivity index (χ1) is 11.8. The first-order valence-corrected chi connectivity index (χ1v) is 10.6. The predicted octanol–water partition coefficient (Wildman–Crippen LogP) is 5.39. The zero-order valence-corrected chi connectivity index (χ0v) is 17.0. The molecule has 0 N–H and O–H groups in total. The fraction of sp³-hybridized carbons (Fsp3) is 0.158. The van der Waals surface area contributed by atoms with Crippen LogP contribution in [0.5, 0.6) is 0 Å². The molecule has 3 nitrogen and oxygen atoms in total. The number of hydrogen-bond donors (Lipinski definition) is 0. The van der Waals surface area contributed by atoms with Crippen molar-refractivity contribution >= 4 is 43.1 Å². The van der Waals surface area contributed by atoms with E-state index in [1.54, 1.807) is 6.08 Å². The van der Waals surface area contributed by atoms with Gasteiger partial charge in [-0.05, 0) is 35.3 Å². The Morgan fingerprint density at radius 2 is 1.76 bits per heavy atom. The molecule has 2 aromatic carbocycles. The number of benzene rings is 2. The Labute approximate surface area is 162 Å². The van der Waals surface area contributed by atoms with Crippen LogP contribution in [-0.2, 0) is 16.6 Å². The van der Waals surface area contributed by atoms with E-state index < -0.39 is 10.0 Å². The Kier molecular flexibility index (Phi) is 6.87. The van der Waals surface area contributed by atoms with Gasteiger partial charge in [-0.25, -0.2) is 8.42 Å². The van der Waals surface area contributed by atoms with Crippen molar-refractivity contribution in [1.29, 1.82) is 0 Å². The van der Waals surface area contributed by atoms with Crippen LogP contribution in [0, 0.1) is 0 Å². The third-order valence-electron chi connectivity index (χ3n) is 3.58. The summed E-state index contributed by atoms with van der Waals surface area (Å²) in [4.78, 5) is 0. The van der Waals surface area contributed by atoms with Crippen molar-refractivity contribution in [3.63, 3.8) is 0 Å². The molecule has 0 aliphatic carbocycles. The maximum absolute atomic E-state index is 12.3. The molecule has 25 heavy (non-hydrogen) atoms. The lowest BCUT2D eigenvalue weighted by Gasteiger charge is -2.24. The van der Waals surface area contributed by atoms with E-state index >= 15 is 0 Å². The lowest BCUT2D eigenvalue weighted by molar-refractivity contribution is 0.494. The summed E-state index contributed by atoms with van der Waals surface area (Å²) in [5.41, 5.74) is 2.43. The number of sulfonamides is 1. The van der Waals surface area contributed by atoms with Gasteiger partial charge in [0, 0.05) is 4.47 Å². The number of allylic oxidation sites excluding steroid dienone is 2. The average molecular weight is 441 g/mol. The summed E-state index contributed by atoms with van der Waals surface area (Å²) < 4.78 is 26.9. The zero-order valence-electron chi connectivity index (χ0n) is 13.8. The highest BCUT2D eigenvalue weighted by Crippen LogP contribution is 2.31. The van der Waals surface area contributed by atoms with Gasteiger partial charge < -0.3 is 0 Å². The standard InChI is InChI=1S/C19H19BrClNO2S/c1-3-7-18(16-10-12-17(20)13-11-16)19(21)22(25(2,23)24)14-15-8-5-4-6-9-15/h3-6,8-13H,1,7,14H2,2H3/b19-18-. The van der Waals surface area contributed by atoms with Crippen LogP contribution in [0.3, 0.4) is 0 Å². The summed E-state index contributed by atoms with van der Waals surface area (Å²) in [5, 5.41) is 0.188. The lowest BCUT2D eigenvalue weighted by Crippen LogP contribution is -2.27. The van der Waals surface area contributed by atoms with Crippen LogP contribution in [-0.4, -0.2) is 19.0 Å². The summed E-state index contributed by atoms with van der Waals surface area (Å²) in [6, 6.07) is 16.9. The van der Waals surface area contributed by atoms with E-state index in [-0.39, 0.29) is 11.7 Å². The maximum atomic E-state index is 12.3. The Morgan fingerprint density at radius 1 is 1.16 bits per heavy atom. The third kappa shape index (κ3) is 5.46. The van der Waals surface area contributed by atoms with Crippen LogP contribution in [0.25, 0.3) is 5.57 Å². The van der Waals surface area contributed by atoms with E-state index in [1.807, 2.05) is 54.6 Å². The van der Waals surface area contributed by atoms with Gasteiger partial charge in [0.2, 0.25) is 10.0 Å². The lowest BCUT2D eigenvalue weighted by atomic mass is 10.0. The summed E-state index contributed by atoms with van der Waals surface area (Å²) in [6.45, 7) is 3.94. The van der Waals surface area contributed by atoms with Crippen LogP contribution in [0.15, 0.2) is 76.9 Å². The Balaban J connectivity index is 2.52. The number of rotatable bonds is 7. The van der Waals surface area contributed by atoms with Gasteiger partial charge >= 0.3 is 0 Å². The number of nitrogens with zero attached hydrogens (tertiary/aromatic N) is 1. The van der Waals surface area contributed by atoms with Crippen molar-refractivity contribution in [3.05, 3.63) is 88.0 Å². The highest BCUT2D eigenvalue weighted by atomic mass is 79.9. The molecule has 0 spiro atoms. The van der Waals surface area contributed by atoms with Gasteiger partial charge in [0.25, 0.3) is 0 Å². The normalized spacial score (nSPS) is 12.4. The van der Waals surface area contributed by atoms with Crippen LogP contribution in [0.1, 0.15) is 17.5 Å². The van der Waals surface area contributed by atoms with Gasteiger partial charge in [0.1, 0.15) is 5.16 Å². The molecule has 0 aliphatic rings. The molecule has 0 aromatic heterocycles. The van der Waals surface area contributed by atoms with E-state index in [0.29, 0.717) is 12.0 Å². The molecule has 132 valence electrons. The highest BCUT2D eigenvalue weighted by molar-refractivity contribution is 9.10. The van der Waals surface area contributed by atoms with E-state index in [1.165, 1.54) is 4.31 Å². The minimum atomic E-state index is -3.54. The average Bonchev–Trinajstić information content (AvgIpc) is 2.58. The fourth-order valence-corrected chi connectivity index (χ4v) is 4.02. The minimum absolute atomic E-state index is 0.176. The second kappa shape index (κ2) is 8.70. The molecule has 2 rings (SSSR count). The number of halogens is 2. The molecule has 0 unspecified atom stereocenters. The van der Waals surface area contributed by atoms with Crippen molar-refractivity contribution in [3.8, 4) is 0 Å². The quantitative estimate of drug-likeness (QED) is 0.427. The molecule has 2 aromatic rings. The van der Waals surface area contributed by atoms with E-state index in [4.69, 9.17) is 11.6 Å². The molecule has 0 fully saturated rings. The summed E-state index contributed by atoms with van der Waals surface area (Å²) >= 11 is 9.97. The van der Waals surface area contributed by atoms with Crippen molar-refractivity contribution < 1.29 is 8.42 Å². The third-order valence-corrected chi connectivity index (χ3v) is 5.75. The molecular formula is C19H19BrClNO2S. The van der Waals surface area contributed by atoms with Crippen LogP contribution in [0.4, 0.5) is 0 Å². The molecule has 0 saturated carbocycles.